The zero-order chi connectivity index (χ0) is 21.3. The Morgan fingerprint density at radius 3 is 2.03 bits per heavy atom. The predicted octanol–water partition coefficient (Wildman–Crippen LogP) is 7.47. The van der Waals surface area contributed by atoms with Crippen molar-refractivity contribution >= 4 is 42.8 Å². The topological polar surface area (TPSA) is 14.2 Å². The number of aromatic nitrogens is 1. The number of halogens is 7. The molecule has 0 aliphatic carbocycles. The molecule has 1 atom stereocenters. The number of fused-ring (bicyclic) bond motifs is 5. The Bertz CT molecular complexity index is 1340. The van der Waals surface area contributed by atoms with Crippen molar-refractivity contribution < 1.29 is 26.7 Å². The van der Waals surface area contributed by atoms with Crippen LogP contribution in [0.4, 0.5) is 22.0 Å². The van der Waals surface area contributed by atoms with E-state index in [-0.39, 0.29) is 5.75 Å². The van der Waals surface area contributed by atoms with Gasteiger partial charge in [-0.1, -0.05) is 31.9 Å². The summed E-state index contributed by atoms with van der Waals surface area (Å²) >= 11 is 6.67. The summed E-state index contributed by atoms with van der Waals surface area (Å²) in [6, 6.07) is 12.0. The van der Waals surface area contributed by atoms with E-state index in [2.05, 4.69) is 31.9 Å². The Morgan fingerprint density at radius 2 is 1.33 bits per heavy atom. The maximum Gasteiger partial charge on any atom is 0.209 e. The Hall–Kier alpha value is -2.39. The van der Waals surface area contributed by atoms with Gasteiger partial charge in [0.25, 0.3) is 0 Å². The van der Waals surface area contributed by atoms with Gasteiger partial charge in [-0.25, -0.2) is 22.0 Å². The molecule has 1 aromatic heterocycles. The highest BCUT2D eigenvalue weighted by atomic mass is 79.9. The molecular formula is C21H8Br2F5NO. The lowest BCUT2D eigenvalue weighted by Gasteiger charge is -2.31. The van der Waals surface area contributed by atoms with E-state index in [0.717, 1.165) is 4.47 Å². The fraction of sp³-hybridized carbons (Fsp3) is 0.0476. The minimum absolute atomic E-state index is 0.243. The second-order valence-corrected chi connectivity index (χ2v) is 8.53. The lowest BCUT2D eigenvalue weighted by Crippen LogP contribution is -2.26. The molecule has 0 amide bonds. The van der Waals surface area contributed by atoms with E-state index in [9.17, 15) is 22.0 Å². The largest absolute Gasteiger partial charge is 0.465 e. The number of hydrogen-bond donors (Lipinski definition) is 0. The third-order valence-electron chi connectivity index (χ3n) is 4.98. The van der Waals surface area contributed by atoms with Crippen LogP contribution in [0.25, 0.3) is 22.2 Å². The summed E-state index contributed by atoms with van der Waals surface area (Å²) in [5.74, 6) is -9.87. The highest BCUT2D eigenvalue weighted by Crippen LogP contribution is 2.46. The number of hydrogen-bond acceptors (Lipinski definition) is 1. The minimum Gasteiger partial charge on any atom is -0.465 e. The molecule has 2 heterocycles. The van der Waals surface area contributed by atoms with Crippen LogP contribution in [-0.4, -0.2) is 4.57 Å². The van der Waals surface area contributed by atoms with E-state index in [4.69, 9.17) is 4.74 Å². The van der Waals surface area contributed by atoms with E-state index in [1.807, 2.05) is 0 Å². The molecule has 0 fully saturated rings. The van der Waals surface area contributed by atoms with E-state index >= 15 is 0 Å². The summed E-state index contributed by atoms with van der Waals surface area (Å²) in [6.07, 6.45) is -1.61. The Labute approximate surface area is 183 Å². The number of rotatable bonds is 1. The van der Waals surface area contributed by atoms with Crippen LogP contribution in [0.3, 0.4) is 0 Å². The summed E-state index contributed by atoms with van der Waals surface area (Å²) < 4.78 is 79.5. The molecule has 3 aromatic carbocycles. The lowest BCUT2D eigenvalue weighted by molar-refractivity contribution is 0.159. The zero-order valence-corrected chi connectivity index (χ0v) is 17.8. The van der Waals surface area contributed by atoms with Crippen LogP contribution in [0.5, 0.6) is 5.75 Å². The maximum atomic E-state index is 14.7. The smallest absolute Gasteiger partial charge is 0.209 e. The normalized spacial score (nSPS) is 15.1. The highest BCUT2D eigenvalue weighted by Gasteiger charge is 2.37. The predicted molar refractivity (Wildman–Crippen MR) is 108 cm³/mol. The van der Waals surface area contributed by atoms with E-state index in [1.54, 1.807) is 42.5 Å². The molecule has 30 heavy (non-hydrogen) atoms. The zero-order valence-electron chi connectivity index (χ0n) is 14.6. The van der Waals surface area contributed by atoms with Gasteiger partial charge in [0.05, 0.1) is 16.8 Å². The van der Waals surface area contributed by atoms with Gasteiger partial charge in [-0.2, -0.15) is 0 Å². The first-order valence-electron chi connectivity index (χ1n) is 8.56. The quantitative estimate of drug-likeness (QED) is 0.138. The summed E-state index contributed by atoms with van der Waals surface area (Å²) in [5.41, 5.74) is 0.589. The third kappa shape index (κ3) is 2.71. The first kappa shape index (κ1) is 19.6. The molecule has 0 saturated carbocycles. The Kier molecular flexibility index (Phi) is 4.44. The summed E-state index contributed by atoms with van der Waals surface area (Å²) in [7, 11) is 0. The molecule has 1 aliphatic rings. The summed E-state index contributed by atoms with van der Waals surface area (Å²) in [6.45, 7) is 0. The monoisotopic (exact) mass is 543 g/mol. The van der Waals surface area contributed by atoms with Gasteiger partial charge >= 0.3 is 0 Å². The Morgan fingerprint density at radius 1 is 0.733 bits per heavy atom. The van der Waals surface area contributed by atoms with Crippen molar-refractivity contribution in [3.8, 4) is 17.0 Å². The molecule has 152 valence electrons. The molecular weight excluding hydrogens is 537 g/mol. The molecule has 0 radical (unpaired) electrons. The van der Waals surface area contributed by atoms with Gasteiger partial charge in [-0.3, -0.25) is 0 Å². The molecule has 2 nitrogen and oxygen atoms in total. The number of benzene rings is 3. The van der Waals surface area contributed by atoms with Crippen molar-refractivity contribution in [3.63, 3.8) is 0 Å². The highest BCUT2D eigenvalue weighted by molar-refractivity contribution is 9.10. The van der Waals surface area contributed by atoms with Crippen LogP contribution in [0.15, 0.2) is 51.4 Å². The molecule has 1 aliphatic heterocycles. The number of ether oxygens (including phenoxy) is 1. The van der Waals surface area contributed by atoms with E-state index in [0.29, 0.717) is 26.6 Å². The fourth-order valence-corrected chi connectivity index (χ4v) is 4.39. The standard InChI is InChI=1S/C21H8Br2F5NO/c22-9-2-4-12-8(5-9)6-13-11-3-1-10(23)7-14(11)30-21(29(12)13)15-16(24)18(26)20(28)19(27)17(15)25/h1-7,21H/t21-/m0/s1. The SMILES string of the molecule is Fc1c(F)c(F)c([C@@H]2Oc3cc(Br)ccc3-c3cc4cc(Br)ccc4n32)c(F)c1F. The first-order valence-corrected chi connectivity index (χ1v) is 10.1. The van der Waals surface area contributed by atoms with Crippen LogP contribution in [-0.2, 0) is 0 Å². The van der Waals surface area contributed by atoms with Crippen molar-refractivity contribution in [1.29, 1.82) is 0 Å². The molecule has 0 bridgehead atoms. The average Bonchev–Trinajstić information content (AvgIpc) is 3.09. The minimum atomic E-state index is -2.21. The van der Waals surface area contributed by atoms with Crippen LogP contribution in [0.2, 0.25) is 0 Å². The Balaban J connectivity index is 1.88. The third-order valence-corrected chi connectivity index (χ3v) is 5.97. The van der Waals surface area contributed by atoms with Gasteiger partial charge in [-0.15, -0.1) is 0 Å². The van der Waals surface area contributed by atoms with Gasteiger partial charge in [0.1, 0.15) is 5.75 Å². The molecule has 0 unspecified atom stereocenters. The van der Waals surface area contributed by atoms with E-state index in [1.165, 1.54) is 4.57 Å². The fourth-order valence-electron chi connectivity index (χ4n) is 3.67. The van der Waals surface area contributed by atoms with Crippen molar-refractivity contribution in [2.45, 2.75) is 6.23 Å². The second-order valence-electron chi connectivity index (χ2n) is 6.70. The van der Waals surface area contributed by atoms with E-state index < -0.39 is 40.9 Å². The molecule has 4 aromatic rings. The molecule has 0 N–H and O–H groups in total. The summed E-state index contributed by atoms with van der Waals surface area (Å²) in [4.78, 5) is 0. The van der Waals surface area contributed by atoms with Crippen molar-refractivity contribution in [2.75, 3.05) is 0 Å². The van der Waals surface area contributed by atoms with Crippen molar-refractivity contribution in [2.24, 2.45) is 0 Å². The van der Waals surface area contributed by atoms with Crippen LogP contribution in [0, 0.1) is 29.1 Å². The van der Waals surface area contributed by atoms with Gasteiger partial charge in [-0.05, 0) is 42.5 Å². The molecule has 0 saturated heterocycles. The van der Waals surface area contributed by atoms with Crippen molar-refractivity contribution in [1.82, 2.24) is 4.57 Å². The number of nitrogens with zero attached hydrogens (tertiary/aromatic N) is 1. The van der Waals surface area contributed by atoms with Crippen LogP contribution < -0.4 is 4.74 Å². The van der Waals surface area contributed by atoms with Gasteiger partial charge < -0.3 is 9.30 Å². The molecule has 5 rings (SSSR count). The molecule has 9 heteroatoms. The van der Waals surface area contributed by atoms with Gasteiger partial charge in [0.15, 0.2) is 23.3 Å². The van der Waals surface area contributed by atoms with Crippen molar-refractivity contribution in [3.05, 3.63) is 86.1 Å². The van der Waals surface area contributed by atoms with Gasteiger partial charge in [0.2, 0.25) is 12.0 Å². The molecule has 0 spiro atoms. The second kappa shape index (κ2) is 6.81. The maximum absolute atomic E-state index is 14.7. The van der Waals surface area contributed by atoms with Crippen LogP contribution in [0.1, 0.15) is 11.8 Å². The first-order chi connectivity index (χ1) is 14.3. The van der Waals surface area contributed by atoms with Crippen LogP contribution >= 0.6 is 31.9 Å². The lowest BCUT2D eigenvalue weighted by atomic mass is 10.1. The average molecular weight is 545 g/mol. The summed E-state index contributed by atoms with van der Waals surface area (Å²) in [5, 5.41) is 0.701. The van der Waals surface area contributed by atoms with Gasteiger partial charge in [0, 0.05) is 19.9 Å².